The molecule has 0 radical (unpaired) electrons. The van der Waals surface area contributed by atoms with E-state index in [2.05, 4.69) is 30.1 Å². The number of likely N-dealkylation sites (tertiary alicyclic amines) is 1. The molecule has 2 heterocycles. The zero-order chi connectivity index (χ0) is 13.2. The molecular formula is C14H23ClN2S. The van der Waals surface area contributed by atoms with E-state index in [0.29, 0.717) is 6.04 Å². The van der Waals surface area contributed by atoms with Gasteiger partial charge in [0.25, 0.3) is 0 Å². The third-order valence-corrected chi connectivity index (χ3v) is 5.34. The molecule has 1 N–H and O–H groups in total. The highest BCUT2D eigenvalue weighted by Crippen LogP contribution is 2.37. The van der Waals surface area contributed by atoms with Gasteiger partial charge in [-0.05, 0) is 59.0 Å². The van der Waals surface area contributed by atoms with E-state index in [1.165, 1.54) is 37.2 Å². The van der Waals surface area contributed by atoms with E-state index in [4.69, 9.17) is 11.6 Å². The first-order valence-electron chi connectivity index (χ1n) is 6.73. The zero-order valence-electron chi connectivity index (χ0n) is 11.5. The van der Waals surface area contributed by atoms with Crippen LogP contribution in [0, 0.1) is 0 Å². The summed E-state index contributed by atoms with van der Waals surface area (Å²) in [5.41, 5.74) is 0.128. The summed E-state index contributed by atoms with van der Waals surface area (Å²) >= 11 is 7.76. The summed E-state index contributed by atoms with van der Waals surface area (Å²) in [5, 5.41) is 3.48. The second-order valence-electron chi connectivity index (χ2n) is 5.56. The molecule has 18 heavy (non-hydrogen) atoms. The standard InChI is InChI=1S/C14H23ClN2S/c1-14(2,17-9-5-4-6-10-17)13(16-3)11-7-8-12(15)18-11/h7-8,13,16H,4-6,9-10H2,1-3H3. The molecule has 1 aliphatic heterocycles. The number of nitrogens with one attached hydrogen (secondary N) is 1. The molecule has 1 aromatic heterocycles. The Balaban J connectivity index is 2.19. The van der Waals surface area contributed by atoms with Gasteiger partial charge in [0.05, 0.1) is 10.4 Å². The highest BCUT2D eigenvalue weighted by Gasteiger charge is 2.36. The number of piperidine rings is 1. The highest BCUT2D eigenvalue weighted by molar-refractivity contribution is 7.16. The molecule has 1 fully saturated rings. The van der Waals surface area contributed by atoms with Gasteiger partial charge in [-0.25, -0.2) is 0 Å². The van der Waals surface area contributed by atoms with Crippen molar-refractivity contribution in [3.63, 3.8) is 0 Å². The van der Waals surface area contributed by atoms with Crippen LogP contribution in [-0.2, 0) is 0 Å². The number of halogens is 1. The van der Waals surface area contributed by atoms with Crippen LogP contribution in [0.1, 0.15) is 44.0 Å². The minimum atomic E-state index is 0.128. The predicted octanol–water partition coefficient (Wildman–Crippen LogP) is 3.93. The summed E-state index contributed by atoms with van der Waals surface area (Å²) in [6.07, 6.45) is 4.03. The Kier molecular flexibility index (Phi) is 4.70. The smallest absolute Gasteiger partial charge is 0.0931 e. The summed E-state index contributed by atoms with van der Waals surface area (Å²) in [6.45, 7) is 7.11. The van der Waals surface area contributed by atoms with Gasteiger partial charge in [0.1, 0.15) is 0 Å². The molecule has 1 saturated heterocycles. The predicted molar refractivity (Wildman–Crippen MR) is 80.6 cm³/mol. The van der Waals surface area contributed by atoms with Crippen LogP contribution >= 0.6 is 22.9 Å². The number of thiophene rings is 1. The fourth-order valence-electron chi connectivity index (χ4n) is 2.98. The largest absolute Gasteiger partial charge is 0.311 e. The zero-order valence-corrected chi connectivity index (χ0v) is 13.1. The van der Waals surface area contributed by atoms with Gasteiger partial charge in [-0.15, -0.1) is 11.3 Å². The van der Waals surface area contributed by atoms with E-state index in [0.717, 1.165) is 4.34 Å². The molecule has 0 spiro atoms. The number of hydrogen-bond donors (Lipinski definition) is 1. The Morgan fingerprint density at radius 3 is 2.44 bits per heavy atom. The van der Waals surface area contributed by atoms with Crippen molar-refractivity contribution in [1.29, 1.82) is 0 Å². The lowest BCUT2D eigenvalue weighted by Gasteiger charge is -2.45. The molecule has 0 amide bonds. The van der Waals surface area contributed by atoms with Crippen molar-refractivity contribution in [3.05, 3.63) is 21.3 Å². The topological polar surface area (TPSA) is 15.3 Å². The van der Waals surface area contributed by atoms with Crippen LogP contribution in [0.25, 0.3) is 0 Å². The SMILES string of the molecule is CNC(c1ccc(Cl)s1)C(C)(C)N1CCCCC1. The maximum absolute atomic E-state index is 6.07. The van der Waals surface area contributed by atoms with Crippen molar-refractivity contribution in [2.24, 2.45) is 0 Å². The molecule has 0 aromatic carbocycles. The van der Waals surface area contributed by atoms with Gasteiger partial charge in [0, 0.05) is 10.4 Å². The van der Waals surface area contributed by atoms with Gasteiger partial charge in [-0.3, -0.25) is 4.90 Å². The van der Waals surface area contributed by atoms with E-state index in [-0.39, 0.29) is 5.54 Å². The van der Waals surface area contributed by atoms with E-state index in [1.54, 1.807) is 11.3 Å². The van der Waals surface area contributed by atoms with Crippen molar-refractivity contribution in [2.75, 3.05) is 20.1 Å². The Bertz CT molecular complexity index is 383. The van der Waals surface area contributed by atoms with Crippen LogP contribution in [0.4, 0.5) is 0 Å². The average Bonchev–Trinajstić information content (AvgIpc) is 2.77. The van der Waals surface area contributed by atoms with E-state index >= 15 is 0 Å². The van der Waals surface area contributed by atoms with Crippen molar-refractivity contribution in [2.45, 2.75) is 44.7 Å². The fraction of sp³-hybridized carbons (Fsp3) is 0.714. The van der Waals surface area contributed by atoms with E-state index < -0.39 is 0 Å². The first kappa shape index (κ1) is 14.3. The van der Waals surface area contributed by atoms with Gasteiger partial charge in [0.15, 0.2) is 0 Å². The number of rotatable bonds is 4. The molecule has 0 bridgehead atoms. The minimum Gasteiger partial charge on any atom is -0.311 e. The minimum absolute atomic E-state index is 0.128. The van der Waals surface area contributed by atoms with E-state index in [1.807, 2.05) is 13.1 Å². The lowest BCUT2D eigenvalue weighted by molar-refractivity contribution is 0.0643. The molecule has 1 aromatic rings. The van der Waals surface area contributed by atoms with Crippen LogP contribution < -0.4 is 5.32 Å². The third-order valence-electron chi connectivity index (χ3n) is 4.04. The van der Waals surface area contributed by atoms with Crippen LogP contribution in [-0.4, -0.2) is 30.6 Å². The second kappa shape index (κ2) is 5.91. The Labute approximate surface area is 119 Å². The van der Waals surface area contributed by atoms with Crippen LogP contribution in [0.3, 0.4) is 0 Å². The summed E-state index contributed by atoms with van der Waals surface area (Å²) in [5.74, 6) is 0. The van der Waals surface area contributed by atoms with Crippen LogP contribution in [0.5, 0.6) is 0 Å². The first-order valence-corrected chi connectivity index (χ1v) is 7.92. The molecule has 1 atom stereocenters. The molecular weight excluding hydrogens is 264 g/mol. The van der Waals surface area contributed by atoms with Crippen molar-refractivity contribution in [1.82, 2.24) is 10.2 Å². The molecule has 0 aliphatic carbocycles. The van der Waals surface area contributed by atoms with Gasteiger partial charge < -0.3 is 5.32 Å². The summed E-state index contributed by atoms with van der Waals surface area (Å²) in [6, 6.07) is 4.49. The van der Waals surface area contributed by atoms with Gasteiger partial charge in [-0.1, -0.05) is 18.0 Å². The van der Waals surface area contributed by atoms with Gasteiger partial charge in [-0.2, -0.15) is 0 Å². The maximum Gasteiger partial charge on any atom is 0.0931 e. The van der Waals surface area contributed by atoms with Crippen molar-refractivity contribution < 1.29 is 0 Å². The molecule has 4 heteroatoms. The summed E-state index contributed by atoms with van der Waals surface area (Å²) in [4.78, 5) is 3.95. The maximum atomic E-state index is 6.07. The quantitative estimate of drug-likeness (QED) is 0.902. The number of hydrogen-bond acceptors (Lipinski definition) is 3. The number of likely N-dealkylation sites (N-methyl/N-ethyl adjacent to an activating group) is 1. The molecule has 102 valence electrons. The van der Waals surface area contributed by atoms with Crippen LogP contribution in [0.15, 0.2) is 12.1 Å². The molecule has 0 saturated carbocycles. The molecule has 2 rings (SSSR count). The van der Waals surface area contributed by atoms with Gasteiger partial charge in [0.2, 0.25) is 0 Å². The Morgan fingerprint density at radius 2 is 1.94 bits per heavy atom. The normalized spacial score (nSPS) is 20.0. The molecule has 2 nitrogen and oxygen atoms in total. The number of nitrogens with zero attached hydrogens (tertiary/aromatic N) is 1. The summed E-state index contributed by atoms with van der Waals surface area (Å²) in [7, 11) is 2.05. The van der Waals surface area contributed by atoms with Crippen molar-refractivity contribution >= 4 is 22.9 Å². The monoisotopic (exact) mass is 286 g/mol. The van der Waals surface area contributed by atoms with Crippen molar-refractivity contribution in [3.8, 4) is 0 Å². The summed E-state index contributed by atoms with van der Waals surface area (Å²) < 4.78 is 0.875. The van der Waals surface area contributed by atoms with Gasteiger partial charge >= 0.3 is 0 Å². The highest BCUT2D eigenvalue weighted by atomic mass is 35.5. The Hall–Kier alpha value is -0.0900. The molecule has 1 unspecified atom stereocenters. The lowest BCUT2D eigenvalue weighted by Crippen LogP contribution is -2.53. The Morgan fingerprint density at radius 1 is 1.28 bits per heavy atom. The first-order chi connectivity index (χ1) is 8.55. The van der Waals surface area contributed by atoms with E-state index in [9.17, 15) is 0 Å². The molecule has 1 aliphatic rings. The fourth-order valence-corrected chi connectivity index (χ4v) is 4.33. The average molecular weight is 287 g/mol. The lowest BCUT2D eigenvalue weighted by atomic mass is 9.89. The van der Waals surface area contributed by atoms with Crippen LogP contribution in [0.2, 0.25) is 4.34 Å². The second-order valence-corrected chi connectivity index (χ2v) is 7.31. The third kappa shape index (κ3) is 2.90.